The SMILES string of the molecule is O=C(NCc1ccc2c(c1)OCO2)NCc1cn(-c2ccsc2)nn1. The Labute approximate surface area is 147 Å². The second kappa shape index (κ2) is 6.81. The van der Waals surface area contributed by atoms with Crippen molar-refractivity contribution < 1.29 is 14.3 Å². The number of rotatable bonds is 5. The number of aromatic nitrogens is 3. The van der Waals surface area contributed by atoms with Crippen LogP contribution in [0.5, 0.6) is 11.5 Å². The van der Waals surface area contributed by atoms with E-state index in [4.69, 9.17) is 9.47 Å². The number of benzene rings is 1. The molecule has 1 aliphatic rings. The molecule has 8 nitrogen and oxygen atoms in total. The van der Waals surface area contributed by atoms with Gasteiger partial charge in [0.15, 0.2) is 11.5 Å². The number of urea groups is 1. The van der Waals surface area contributed by atoms with Gasteiger partial charge in [-0.3, -0.25) is 0 Å². The lowest BCUT2D eigenvalue weighted by Gasteiger charge is -2.07. The van der Waals surface area contributed by atoms with E-state index >= 15 is 0 Å². The fraction of sp³-hybridized carbons (Fsp3) is 0.188. The van der Waals surface area contributed by atoms with Crippen LogP contribution in [0, 0.1) is 0 Å². The number of thiophene rings is 1. The molecule has 2 N–H and O–H groups in total. The highest BCUT2D eigenvalue weighted by atomic mass is 32.1. The van der Waals surface area contributed by atoms with Crippen molar-refractivity contribution in [2.45, 2.75) is 13.1 Å². The van der Waals surface area contributed by atoms with E-state index in [1.165, 1.54) is 0 Å². The Balaban J connectivity index is 1.27. The van der Waals surface area contributed by atoms with Gasteiger partial charge >= 0.3 is 6.03 Å². The van der Waals surface area contributed by atoms with E-state index < -0.39 is 0 Å². The fourth-order valence-electron chi connectivity index (χ4n) is 2.36. The summed E-state index contributed by atoms with van der Waals surface area (Å²) in [6.45, 7) is 0.930. The van der Waals surface area contributed by atoms with Gasteiger partial charge in [0.05, 0.1) is 18.4 Å². The smallest absolute Gasteiger partial charge is 0.315 e. The third-order valence-corrected chi connectivity index (χ3v) is 4.30. The molecule has 3 heterocycles. The zero-order valence-corrected chi connectivity index (χ0v) is 14.0. The van der Waals surface area contributed by atoms with E-state index in [0.717, 1.165) is 17.0 Å². The van der Waals surface area contributed by atoms with Gasteiger partial charge in [-0.1, -0.05) is 11.3 Å². The molecule has 2 amide bonds. The molecule has 3 aromatic rings. The molecule has 4 rings (SSSR count). The molecule has 25 heavy (non-hydrogen) atoms. The minimum absolute atomic E-state index is 0.235. The number of carbonyl (C=O) groups excluding carboxylic acids is 1. The van der Waals surface area contributed by atoms with Gasteiger partial charge in [0.25, 0.3) is 0 Å². The van der Waals surface area contributed by atoms with E-state index in [1.54, 1.807) is 22.2 Å². The number of ether oxygens (including phenoxy) is 2. The second-order valence-electron chi connectivity index (χ2n) is 5.36. The number of carbonyl (C=O) groups is 1. The van der Waals surface area contributed by atoms with Gasteiger partial charge in [0.2, 0.25) is 6.79 Å². The summed E-state index contributed by atoms with van der Waals surface area (Å²) in [4.78, 5) is 11.9. The molecule has 2 aromatic heterocycles. The second-order valence-corrected chi connectivity index (χ2v) is 6.14. The van der Waals surface area contributed by atoms with E-state index in [2.05, 4.69) is 20.9 Å². The molecule has 0 bridgehead atoms. The zero-order chi connectivity index (χ0) is 17.1. The van der Waals surface area contributed by atoms with Crippen LogP contribution in [0.3, 0.4) is 0 Å². The summed E-state index contributed by atoms with van der Waals surface area (Å²) in [5.41, 5.74) is 2.57. The third kappa shape index (κ3) is 3.56. The van der Waals surface area contributed by atoms with Crippen molar-refractivity contribution >= 4 is 17.4 Å². The quantitative estimate of drug-likeness (QED) is 0.729. The van der Waals surface area contributed by atoms with E-state index in [0.29, 0.717) is 24.5 Å². The van der Waals surface area contributed by atoms with Gasteiger partial charge in [-0.05, 0) is 29.1 Å². The van der Waals surface area contributed by atoms with Crippen molar-refractivity contribution in [3.05, 3.63) is 52.5 Å². The van der Waals surface area contributed by atoms with Crippen LogP contribution in [0.25, 0.3) is 5.69 Å². The largest absolute Gasteiger partial charge is 0.454 e. The lowest BCUT2D eigenvalue weighted by molar-refractivity contribution is 0.174. The van der Waals surface area contributed by atoms with Crippen LogP contribution in [-0.2, 0) is 13.1 Å². The molecule has 9 heteroatoms. The van der Waals surface area contributed by atoms with Crippen LogP contribution in [0.15, 0.2) is 41.2 Å². The molecule has 0 saturated heterocycles. The molecule has 0 aliphatic carbocycles. The maximum atomic E-state index is 11.9. The maximum Gasteiger partial charge on any atom is 0.315 e. The zero-order valence-electron chi connectivity index (χ0n) is 13.1. The highest BCUT2D eigenvalue weighted by molar-refractivity contribution is 7.08. The lowest BCUT2D eigenvalue weighted by Crippen LogP contribution is -2.34. The summed E-state index contributed by atoms with van der Waals surface area (Å²) < 4.78 is 12.3. The van der Waals surface area contributed by atoms with Gasteiger partial charge in [-0.2, -0.15) is 11.3 Å². The summed E-state index contributed by atoms with van der Waals surface area (Å²) >= 11 is 1.59. The average Bonchev–Trinajstić information content (AvgIpc) is 3.38. The Morgan fingerprint density at radius 1 is 1.20 bits per heavy atom. The topological polar surface area (TPSA) is 90.3 Å². The first-order chi connectivity index (χ1) is 12.3. The molecule has 0 saturated carbocycles. The number of nitrogens with one attached hydrogen (secondary N) is 2. The molecular weight excluding hydrogens is 342 g/mol. The highest BCUT2D eigenvalue weighted by Crippen LogP contribution is 2.32. The fourth-order valence-corrected chi connectivity index (χ4v) is 2.98. The Bertz CT molecular complexity index is 878. The summed E-state index contributed by atoms with van der Waals surface area (Å²) in [6, 6.07) is 7.26. The van der Waals surface area contributed by atoms with Gasteiger partial charge < -0.3 is 20.1 Å². The molecular formula is C16H15N5O3S. The molecule has 0 atom stereocenters. The monoisotopic (exact) mass is 357 g/mol. The van der Waals surface area contributed by atoms with Gasteiger partial charge in [-0.25, -0.2) is 9.48 Å². The summed E-state index contributed by atoms with van der Waals surface area (Å²) in [5.74, 6) is 1.42. The third-order valence-electron chi connectivity index (χ3n) is 3.63. The number of amides is 2. The molecule has 0 fully saturated rings. The number of hydrogen-bond donors (Lipinski definition) is 2. The summed E-state index contributed by atoms with van der Waals surface area (Å²) in [5, 5.41) is 17.6. The van der Waals surface area contributed by atoms with Gasteiger partial charge in [0.1, 0.15) is 5.69 Å². The first-order valence-corrected chi connectivity index (χ1v) is 8.56. The highest BCUT2D eigenvalue weighted by Gasteiger charge is 2.13. The first kappa shape index (κ1) is 15.5. The molecule has 0 radical (unpaired) electrons. The minimum Gasteiger partial charge on any atom is -0.454 e. The van der Waals surface area contributed by atoms with Crippen molar-refractivity contribution in [3.63, 3.8) is 0 Å². The summed E-state index contributed by atoms with van der Waals surface area (Å²) in [6.07, 6.45) is 1.79. The predicted molar refractivity (Wildman–Crippen MR) is 90.9 cm³/mol. The van der Waals surface area contributed by atoms with Gasteiger partial charge in [-0.15, -0.1) is 5.10 Å². The normalized spacial score (nSPS) is 12.2. The van der Waals surface area contributed by atoms with E-state index in [9.17, 15) is 4.79 Å². The number of hydrogen-bond acceptors (Lipinski definition) is 6. The van der Waals surface area contributed by atoms with Crippen molar-refractivity contribution in [2.24, 2.45) is 0 Å². The molecule has 128 valence electrons. The van der Waals surface area contributed by atoms with Crippen LogP contribution in [0.2, 0.25) is 0 Å². The van der Waals surface area contributed by atoms with Crippen LogP contribution < -0.4 is 20.1 Å². The molecule has 0 unspecified atom stereocenters. The number of nitrogens with zero attached hydrogens (tertiary/aromatic N) is 3. The van der Waals surface area contributed by atoms with Crippen LogP contribution >= 0.6 is 11.3 Å². The van der Waals surface area contributed by atoms with Crippen molar-refractivity contribution in [2.75, 3.05) is 6.79 Å². The Morgan fingerprint density at radius 2 is 2.08 bits per heavy atom. The molecule has 0 spiro atoms. The Hall–Kier alpha value is -3.07. The first-order valence-electron chi connectivity index (χ1n) is 7.62. The van der Waals surface area contributed by atoms with Crippen molar-refractivity contribution in [1.82, 2.24) is 25.6 Å². The maximum absolute atomic E-state index is 11.9. The average molecular weight is 357 g/mol. The van der Waals surface area contributed by atoms with E-state index in [-0.39, 0.29) is 12.8 Å². The van der Waals surface area contributed by atoms with E-state index in [1.807, 2.05) is 35.0 Å². The standard InChI is InChI=1S/C16H15N5O3S/c22-16(17-6-11-1-2-14-15(5-11)24-10-23-14)18-7-12-8-21(20-19-12)13-3-4-25-9-13/h1-5,8-9H,6-7,10H2,(H2,17,18,22). The van der Waals surface area contributed by atoms with Crippen molar-refractivity contribution in [1.29, 1.82) is 0 Å². The summed E-state index contributed by atoms with van der Waals surface area (Å²) in [7, 11) is 0. The molecule has 1 aliphatic heterocycles. The predicted octanol–water partition coefficient (Wildman–Crippen LogP) is 2.06. The van der Waals surface area contributed by atoms with Crippen LogP contribution in [0.4, 0.5) is 4.79 Å². The lowest BCUT2D eigenvalue weighted by atomic mass is 10.2. The Kier molecular flexibility index (Phi) is 4.21. The van der Waals surface area contributed by atoms with Crippen molar-refractivity contribution in [3.8, 4) is 17.2 Å². The molecule has 1 aromatic carbocycles. The minimum atomic E-state index is -0.275. The van der Waals surface area contributed by atoms with Crippen LogP contribution in [0.1, 0.15) is 11.3 Å². The van der Waals surface area contributed by atoms with Crippen LogP contribution in [-0.4, -0.2) is 27.8 Å². The number of fused-ring (bicyclic) bond motifs is 1. The Morgan fingerprint density at radius 3 is 2.96 bits per heavy atom. The van der Waals surface area contributed by atoms with Gasteiger partial charge in [0, 0.05) is 11.9 Å².